The highest BCUT2D eigenvalue weighted by atomic mass is 35.5. The van der Waals surface area contributed by atoms with Crippen LogP contribution in [0.1, 0.15) is 29.4 Å². The Bertz CT molecular complexity index is 991. The van der Waals surface area contributed by atoms with E-state index in [0.29, 0.717) is 23.9 Å². The number of hydrogen-bond donors (Lipinski definition) is 0. The molecule has 5 nitrogen and oxygen atoms in total. The number of carbonyl (C=O) groups is 1. The van der Waals surface area contributed by atoms with Crippen molar-refractivity contribution in [1.29, 1.82) is 0 Å². The average molecular weight is 441 g/mol. The number of aryl methyl sites for hydroxylation is 2. The highest BCUT2D eigenvalue weighted by Crippen LogP contribution is 2.27. The van der Waals surface area contributed by atoms with Crippen LogP contribution in [0.4, 0.5) is 5.69 Å². The molecule has 0 aliphatic rings. The molecule has 0 spiro atoms. The third-order valence-electron chi connectivity index (χ3n) is 5.14. The number of benzene rings is 2. The van der Waals surface area contributed by atoms with Gasteiger partial charge in [0.15, 0.2) is 6.10 Å². The van der Waals surface area contributed by atoms with Gasteiger partial charge in [-0.05, 0) is 73.9 Å². The summed E-state index contributed by atoms with van der Waals surface area (Å²) >= 11 is 6.26. The maximum Gasteiger partial charge on any atom is 0.264 e. The Balaban J connectivity index is 1.78. The van der Waals surface area contributed by atoms with Gasteiger partial charge < -0.3 is 19.0 Å². The van der Waals surface area contributed by atoms with E-state index >= 15 is 0 Å². The lowest BCUT2D eigenvalue weighted by molar-refractivity contribution is -0.139. The largest absolute Gasteiger partial charge is 0.481 e. The number of ether oxygens (including phenoxy) is 1. The van der Waals surface area contributed by atoms with Crippen LogP contribution in [0, 0.1) is 13.8 Å². The Labute approximate surface area is 189 Å². The molecule has 1 aromatic heterocycles. The summed E-state index contributed by atoms with van der Waals surface area (Å²) in [4.78, 5) is 17.1. The smallest absolute Gasteiger partial charge is 0.264 e. The highest BCUT2D eigenvalue weighted by molar-refractivity contribution is 6.32. The molecule has 2 aromatic carbocycles. The summed E-state index contributed by atoms with van der Waals surface area (Å²) in [6.45, 7) is 6.45. The van der Waals surface area contributed by atoms with Gasteiger partial charge in [-0.25, -0.2) is 0 Å². The maximum absolute atomic E-state index is 13.3. The van der Waals surface area contributed by atoms with Crippen LogP contribution in [0.25, 0.3) is 0 Å². The van der Waals surface area contributed by atoms with Crippen molar-refractivity contribution in [2.45, 2.75) is 40.0 Å². The zero-order chi connectivity index (χ0) is 22.5. The molecule has 6 heteroatoms. The summed E-state index contributed by atoms with van der Waals surface area (Å²) in [5.41, 5.74) is 3.99. The van der Waals surface area contributed by atoms with Gasteiger partial charge in [-0.3, -0.25) is 4.79 Å². The van der Waals surface area contributed by atoms with Crippen molar-refractivity contribution in [3.63, 3.8) is 0 Å². The summed E-state index contributed by atoms with van der Waals surface area (Å²) in [6.07, 6.45) is 0.958. The third-order valence-corrected chi connectivity index (χ3v) is 5.73. The van der Waals surface area contributed by atoms with Gasteiger partial charge in [-0.1, -0.05) is 23.7 Å². The second-order valence-electron chi connectivity index (χ2n) is 7.97. The predicted octanol–water partition coefficient (Wildman–Crippen LogP) is 5.61. The van der Waals surface area contributed by atoms with Crippen LogP contribution in [-0.2, 0) is 17.9 Å². The number of rotatable bonds is 8. The van der Waals surface area contributed by atoms with Crippen molar-refractivity contribution < 1.29 is 13.9 Å². The molecule has 1 atom stereocenters. The van der Waals surface area contributed by atoms with E-state index in [1.807, 2.05) is 81.4 Å². The van der Waals surface area contributed by atoms with Gasteiger partial charge in [0.2, 0.25) is 0 Å². The molecule has 1 heterocycles. The van der Waals surface area contributed by atoms with Gasteiger partial charge in [-0.2, -0.15) is 0 Å². The fourth-order valence-corrected chi connectivity index (χ4v) is 3.52. The van der Waals surface area contributed by atoms with E-state index < -0.39 is 6.10 Å². The number of amides is 1. The number of nitrogens with zero attached hydrogens (tertiary/aromatic N) is 2. The molecule has 0 N–H and O–H groups in total. The average Bonchev–Trinajstić information content (AvgIpc) is 3.24. The highest BCUT2D eigenvalue weighted by Gasteiger charge is 2.24. The normalized spacial score (nSPS) is 11.8. The lowest BCUT2D eigenvalue weighted by Crippen LogP contribution is -2.39. The summed E-state index contributed by atoms with van der Waals surface area (Å²) in [6, 6.07) is 15.6. The van der Waals surface area contributed by atoms with E-state index in [-0.39, 0.29) is 5.91 Å². The standard InChI is InChI=1S/C25H29ClN2O3/c1-17-13-23(14-18(2)24(17)26)31-19(3)25(29)28(16-22-7-6-12-30-22)15-20-8-10-21(11-9-20)27(4)5/h6-14,19H,15-16H2,1-5H3/t19-/m0/s1. The van der Waals surface area contributed by atoms with Crippen molar-refractivity contribution in [1.82, 2.24) is 4.90 Å². The number of anilines is 1. The summed E-state index contributed by atoms with van der Waals surface area (Å²) < 4.78 is 11.5. The van der Waals surface area contributed by atoms with E-state index in [0.717, 1.165) is 28.1 Å². The molecular weight excluding hydrogens is 412 g/mol. The predicted molar refractivity (Wildman–Crippen MR) is 125 cm³/mol. The minimum Gasteiger partial charge on any atom is -0.481 e. The van der Waals surface area contributed by atoms with Gasteiger partial charge in [0.1, 0.15) is 11.5 Å². The summed E-state index contributed by atoms with van der Waals surface area (Å²) in [5, 5.41) is 0.715. The fraction of sp³-hybridized carbons (Fsp3) is 0.320. The molecule has 164 valence electrons. The molecule has 1 amide bonds. The molecule has 0 radical (unpaired) electrons. The molecule has 0 saturated carbocycles. The SMILES string of the molecule is Cc1cc(O[C@@H](C)C(=O)N(Cc2ccc(N(C)C)cc2)Cc2ccco2)cc(C)c1Cl. The molecule has 3 aromatic rings. The van der Waals surface area contributed by atoms with Crippen LogP contribution in [0.5, 0.6) is 5.75 Å². The molecule has 0 unspecified atom stereocenters. The number of carbonyl (C=O) groups excluding carboxylic acids is 1. The number of furan rings is 1. The third kappa shape index (κ3) is 5.82. The summed E-state index contributed by atoms with van der Waals surface area (Å²) in [5.74, 6) is 1.25. The molecule has 0 aliphatic heterocycles. The van der Waals surface area contributed by atoms with Crippen molar-refractivity contribution in [2.24, 2.45) is 0 Å². The lowest BCUT2D eigenvalue weighted by Gasteiger charge is -2.26. The van der Waals surface area contributed by atoms with Gasteiger partial charge in [-0.15, -0.1) is 0 Å². The van der Waals surface area contributed by atoms with Gasteiger partial charge in [0, 0.05) is 31.4 Å². The van der Waals surface area contributed by atoms with E-state index in [1.54, 1.807) is 18.1 Å². The van der Waals surface area contributed by atoms with Crippen molar-refractivity contribution >= 4 is 23.2 Å². The molecule has 0 fully saturated rings. The molecule has 31 heavy (non-hydrogen) atoms. The number of halogens is 1. The van der Waals surface area contributed by atoms with E-state index in [9.17, 15) is 4.79 Å². The van der Waals surface area contributed by atoms with E-state index in [1.165, 1.54) is 0 Å². The Kier molecular flexibility index (Phi) is 7.29. The Morgan fingerprint density at radius 3 is 2.26 bits per heavy atom. The van der Waals surface area contributed by atoms with Gasteiger partial charge >= 0.3 is 0 Å². The quantitative estimate of drug-likeness (QED) is 0.456. The van der Waals surface area contributed by atoms with Gasteiger partial charge in [0.25, 0.3) is 5.91 Å². The Morgan fingerprint density at radius 2 is 1.71 bits per heavy atom. The van der Waals surface area contributed by atoms with Crippen LogP contribution in [0.2, 0.25) is 5.02 Å². The second kappa shape index (κ2) is 9.92. The summed E-state index contributed by atoms with van der Waals surface area (Å²) in [7, 11) is 4.00. The number of hydrogen-bond acceptors (Lipinski definition) is 4. The van der Waals surface area contributed by atoms with E-state index in [2.05, 4.69) is 0 Å². The zero-order valence-corrected chi connectivity index (χ0v) is 19.4. The second-order valence-corrected chi connectivity index (χ2v) is 8.34. The monoisotopic (exact) mass is 440 g/mol. The molecule has 0 bridgehead atoms. The zero-order valence-electron chi connectivity index (χ0n) is 18.7. The Hall–Kier alpha value is -2.92. The fourth-order valence-electron chi connectivity index (χ4n) is 3.41. The van der Waals surface area contributed by atoms with Crippen LogP contribution >= 0.6 is 11.6 Å². The van der Waals surface area contributed by atoms with Crippen molar-refractivity contribution in [3.05, 3.63) is 82.3 Å². The van der Waals surface area contributed by atoms with Crippen molar-refractivity contribution in [2.75, 3.05) is 19.0 Å². The van der Waals surface area contributed by atoms with E-state index in [4.69, 9.17) is 20.8 Å². The minimum atomic E-state index is -0.656. The first-order chi connectivity index (χ1) is 14.7. The first kappa shape index (κ1) is 22.8. The first-order valence-corrected chi connectivity index (χ1v) is 10.6. The molecular formula is C25H29ClN2O3. The maximum atomic E-state index is 13.3. The van der Waals surface area contributed by atoms with Gasteiger partial charge in [0.05, 0.1) is 12.8 Å². The van der Waals surface area contributed by atoms with Crippen LogP contribution < -0.4 is 9.64 Å². The van der Waals surface area contributed by atoms with Crippen molar-refractivity contribution in [3.8, 4) is 5.75 Å². The molecule has 3 rings (SSSR count). The molecule has 0 saturated heterocycles. The van der Waals surface area contributed by atoms with Crippen LogP contribution in [0.3, 0.4) is 0 Å². The molecule has 0 aliphatic carbocycles. The minimum absolute atomic E-state index is 0.113. The topological polar surface area (TPSA) is 45.9 Å². The Morgan fingerprint density at radius 1 is 1.06 bits per heavy atom. The van der Waals surface area contributed by atoms with Crippen LogP contribution in [-0.4, -0.2) is 31.0 Å². The first-order valence-electron chi connectivity index (χ1n) is 10.3. The van der Waals surface area contributed by atoms with Crippen LogP contribution in [0.15, 0.2) is 59.2 Å². The lowest BCUT2D eigenvalue weighted by atomic mass is 10.1.